The fourth-order valence-electron chi connectivity index (χ4n) is 2.60. The van der Waals surface area contributed by atoms with Crippen molar-refractivity contribution in [2.24, 2.45) is 0 Å². The highest BCUT2D eigenvalue weighted by Gasteiger charge is 2.16. The minimum absolute atomic E-state index is 0.529. The predicted octanol–water partition coefficient (Wildman–Crippen LogP) is 1.62. The first-order chi connectivity index (χ1) is 11.3. The van der Waals surface area contributed by atoms with Gasteiger partial charge in [-0.3, -0.25) is 4.90 Å². The average molecular weight is 307 g/mol. The zero-order chi connectivity index (χ0) is 15.9. The summed E-state index contributed by atoms with van der Waals surface area (Å²) in [5.74, 6) is 7.94. The largest absolute Gasteiger partial charge is 0.384 e. The lowest BCUT2D eigenvalue weighted by molar-refractivity contribution is 0.263. The SMILES string of the molecule is Nc1ccc(C#CCCN2CCN(c3ccccn3)CC2)cn1. The molecule has 1 saturated heterocycles. The van der Waals surface area contributed by atoms with E-state index in [1.165, 1.54) is 0 Å². The van der Waals surface area contributed by atoms with Crippen molar-refractivity contribution in [3.8, 4) is 11.8 Å². The second-order valence-electron chi connectivity index (χ2n) is 5.54. The zero-order valence-corrected chi connectivity index (χ0v) is 13.2. The van der Waals surface area contributed by atoms with E-state index in [0.29, 0.717) is 5.82 Å². The van der Waals surface area contributed by atoms with Gasteiger partial charge in [0, 0.05) is 57.1 Å². The summed E-state index contributed by atoms with van der Waals surface area (Å²) in [6, 6.07) is 9.75. The van der Waals surface area contributed by atoms with Crippen molar-refractivity contribution in [2.75, 3.05) is 43.4 Å². The van der Waals surface area contributed by atoms with E-state index in [1.807, 2.05) is 24.4 Å². The molecule has 0 atom stereocenters. The Balaban J connectivity index is 1.42. The molecule has 5 nitrogen and oxygen atoms in total. The molecule has 0 aromatic carbocycles. The van der Waals surface area contributed by atoms with E-state index in [1.54, 1.807) is 12.3 Å². The van der Waals surface area contributed by atoms with E-state index in [-0.39, 0.29) is 0 Å². The van der Waals surface area contributed by atoms with Crippen LogP contribution in [-0.4, -0.2) is 47.6 Å². The summed E-state index contributed by atoms with van der Waals surface area (Å²) < 4.78 is 0. The number of rotatable bonds is 3. The van der Waals surface area contributed by atoms with Gasteiger partial charge in [0.2, 0.25) is 0 Å². The number of nitrogen functional groups attached to an aromatic ring is 1. The summed E-state index contributed by atoms with van der Waals surface area (Å²) in [5.41, 5.74) is 6.47. The Labute approximate surface area is 137 Å². The lowest BCUT2D eigenvalue weighted by atomic mass is 10.2. The Morgan fingerprint density at radius 1 is 1.04 bits per heavy atom. The molecule has 0 aliphatic carbocycles. The van der Waals surface area contributed by atoms with Gasteiger partial charge in [0.25, 0.3) is 0 Å². The molecule has 0 unspecified atom stereocenters. The predicted molar refractivity (Wildman–Crippen MR) is 93.0 cm³/mol. The summed E-state index contributed by atoms with van der Waals surface area (Å²) >= 11 is 0. The summed E-state index contributed by atoms with van der Waals surface area (Å²) in [6.07, 6.45) is 4.44. The van der Waals surface area contributed by atoms with Gasteiger partial charge in [0.1, 0.15) is 11.6 Å². The van der Waals surface area contributed by atoms with Crippen LogP contribution in [0.25, 0.3) is 0 Å². The van der Waals surface area contributed by atoms with Crippen molar-refractivity contribution in [1.29, 1.82) is 0 Å². The van der Waals surface area contributed by atoms with Gasteiger partial charge in [-0.25, -0.2) is 9.97 Å². The van der Waals surface area contributed by atoms with Gasteiger partial charge in [-0.2, -0.15) is 0 Å². The molecule has 2 N–H and O–H groups in total. The van der Waals surface area contributed by atoms with Gasteiger partial charge in [-0.1, -0.05) is 17.9 Å². The number of piperazine rings is 1. The van der Waals surface area contributed by atoms with Gasteiger partial charge in [-0.05, 0) is 24.3 Å². The van der Waals surface area contributed by atoms with Crippen LogP contribution in [0.15, 0.2) is 42.7 Å². The molecule has 2 aromatic rings. The molecule has 1 aliphatic rings. The Hall–Kier alpha value is -2.58. The van der Waals surface area contributed by atoms with Crippen molar-refractivity contribution in [1.82, 2.24) is 14.9 Å². The third kappa shape index (κ3) is 4.44. The molecule has 0 radical (unpaired) electrons. The Kier molecular flexibility index (Phi) is 5.07. The first-order valence-electron chi connectivity index (χ1n) is 7.90. The lowest BCUT2D eigenvalue weighted by Crippen LogP contribution is -2.46. The van der Waals surface area contributed by atoms with Crippen molar-refractivity contribution < 1.29 is 0 Å². The maximum Gasteiger partial charge on any atom is 0.128 e. The number of hydrogen-bond acceptors (Lipinski definition) is 5. The van der Waals surface area contributed by atoms with E-state index in [0.717, 1.165) is 50.5 Å². The van der Waals surface area contributed by atoms with Crippen LogP contribution >= 0.6 is 0 Å². The monoisotopic (exact) mass is 307 g/mol. The summed E-state index contributed by atoms with van der Waals surface area (Å²) in [7, 11) is 0. The topological polar surface area (TPSA) is 58.3 Å². The third-order valence-electron chi connectivity index (χ3n) is 3.92. The van der Waals surface area contributed by atoms with Crippen molar-refractivity contribution in [2.45, 2.75) is 6.42 Å². The van der Waals surface area contributed by atoms with Gasteiger partial charge < -0.3 is 10.6 Å². The van der Waals surface area contributed by atoms with Gasteiger partial charge in [-0.15, -0.1) is 0 Å². The van der Waals surface area contributed by atoms with E-state index >= 15 is 0 Å². The molecule has 23 heavy (non-hydrogen) atoms. The number of pyridine rings is 2. The highest BCUT2D eigenvalue weighted by molar-refractivity contribution is 5.39. The molecule has 0 saturated carbocycles. The number of nitrogens with zero attached hydrogens (tertiary/aromatic N) is 4. The first kappa shape index (κ1) is 15.3. The fourth-order valence-corrected chi connectivity index (χ4v) is 2.60. The van der Waals surface area contributed by atoms with Crippen molar-refractivity contribution >= 4 is 11.6 Å². The maximum atomic E-state index is 5.56. The highest BCUT2D eigenvalue weighted by atomic mass is 15.3. The van der Waals surface area contributed by atoms with Crippen molar-refractivity contribution in [3.63, 3.8) is 0 Å². The minimum Gasteiger partial charge on any atom is -0.384 e. The maximum absolute atomic E-state index is 5.56. The standard InChI is InChI=1S/C18H21N5/c19-17-8-7-16(15-21-17)5-2-4-10-22-11-13-23(14-12-22)18-6-1-3-9-20-18/h1,3,6-9,15H,4,10-14H2,(H2,19,21). The Morgan fingerprint density at radius 2 is 1.91 bits per heavy atom. The number of nitrogens with two attached hydrogens (primary N) is 1. The molecule has 0 amide bonds. The summed E-state index contributed by atoms with van der Waals surface area (Å²) in [6.45, 7) is 5.16. The molecule has 1 aliphatic heterocycles. The minimum atomic E-state index is 0.529. The van der Waals surface area contributed by atoms with Crippen molar-refractivity contribution in [3.05, 3.63) is 48.3 Å². The Bertz CT molecular complexity index is 664. The molecule has 3 rings (SSSR count). The van der Waals surface area contributed by atoms with E-state index < -0.39 is 0 Å². The van der Waals surface area contributed by atoms with Crippen LogP contribution in [0.3, 0.4) is 0 Å². The number of aromatic nitrogens is 2. The van der Waals surface area contributed by atoms with Crippen LogP contribution in [0.1, 0.15) is 12.0 Å². The normalized spacial score (nSPS) is 15.0. The van der Waals surface area contributed by atoms with Crippen LogP contribution in [0.2, 0.25) is 0 Å². The quantitative estimate of drug-likeness (QED) is 0.873. The van der Waals surface area contributed by atoms with Crippen LogP contribution in [0.4, 0.5) is 11.6 Å². The van der Waals surface area contributed by atoms with E-state index in [4.69, 9.17) is 5.73 Å². The van der Waals surface area contributed by atoms with Gasteiger partial charge >= 0.3 is 0 Å². The second-order valence-corrected chi connectivity index (χ2v) is 5.54. The van der Waals surface area contributed by atoms with Gasteiger partial charge in [0.05, 0.1) is 0 Å². The zero-order valence-electron chi connectivity index (χ0n) is 13.2. The number of anilines is 2. The molecule has 0 spiro atoms. The Morgan fingerprint density at radius 3 is 2.61 bits per heavy atom. The summed E-state index contributed by atoms with van der Waals surface area (Å²) in [5, 5.41) is 0. The first-order valence-corrected chi connectivity index (χ1v) is 7.90. The molecule has 2 aromatic heterocycles. The summed E-state index contributed by atoms with van der Waals surface area (Å²) in [4.78, 5) is 13.2. The van der Waals surface area contributed by atoms with Gasteiger partial charge in [0.15, 0.2) is 0 Å². The fraction of sp³-hybridized carbons (Fsp3) is 0.333. The molecule has 1 fully saturated rings. The molecule has 118 valence electrons. The molecule has 3 heterocycles. The van der Waals surface area contributed by atoms with Crippen LogP contribution < -0.4 is 10.6 Å². The van der Waals surface area contributed by atoms with E-state index in [9.17, 15) is 0 Å². The smallest absolute Gasteiger partial charge is 0.128 e. The van der Waals surface area contributed by atoms with Crippen LogP contribution in [0.5, 0.6) is 0 Å². The molecular weight excluding hydrogens is 286 g/mol. The number of hydrogen-bond donors (Lipinski definition) is 1. The highest BCUT2D eigenvalue weighted by Crippen LogP contribution is 2.12. The molecular formula is C18H21N5. The average Bonchev–Trinajstić information content (AvgIpc) is 2.62. The van der Waals surface area contributed by atoms with Crippen LogP contribution in [-0.2, 0) is 0 Å². The lowest BCUT2D eigenvalue weighted by Gasteiger charge is -2.35. The second kappa shape index (κ2) is 7.61. The van der Waals surface area contributed by atoms with Crippen LogP contribution in [0, 0.1) is 11.8 Å². The third-order valence-corrected chi connectivity index (χ3v) is 3.92. The van der Waals surface area contributed by atoms with E-state index in [2.05, 4.69) is 37.7 Å². The molecule has 0 bridgehead atoms. The molecule has 5 heteroatoms.